The first-order valence-electron chi connectivity index (χ1n) is 9.57. The fraction of sp³-hybridized carbons (Fsp3) is 0.650. The Balaban J connectivity index is 1.42. The molecule has 1 amide bonds. The molecule has 0 radical (unpaired) electrons. The van der Waals surface area contributed by atoms with Crippen molar-refractivity contribution in [2.24, 2.45) is 5.92 Å². The van der Waals surface area contributed by atoms with Gasteiger partial charge in [-0.3, -0.25) is 0 Å². The summed E-state index contributed by atoms with van der Waals surface area (Å²) in [6.45, 7) is 5.18. The first-order valence-corrected chi connectivity index (χ1v) is 9.57. The number of hydrogen-bond acceptors (Lipinski definition) is 4. The van der Waals surface area contributed by atoms with Gasteiger partial charge >= 0.3 is 6.09 Å². The third-order valence-electron chi connectivity index (χ3n) is 5.39. The number of nitrogens with one attached hydrogen (secondary N) is 1. The molecular formula is C20H30N2O3. The average molecular weight is 346 g/mol. The van der Waals surface area contributed by atoms with Gasteiger partial charge < -0.3 is 19.7 Å². The quantitative estimate of drug-likeness (QED) is 0.859. The van der Waals surface area contributed by atoms with Crippen LogP contribution in [0.4, 0.5) is 4.79 Å². The minimum atomic E-state index is -0.246. The Labute approximate surface area is 150 Å². The van der Waals surface area contributed by atoms with E-state index in [1.165, 1.54) is 25.7 Å². The van der Waals surface area contributed by atoms with Crippen LogP contribution in [0.25, 0.3) is 0 Å². The van der Waals surface area contributed by atoms with Crippen molar-refractivity contribution in [3.8, 4) is 0 Å². The van der Waals surface area contributed by atoms with E-state index in [1.807, 2.05) is 30.3 Å². The first kappa shape index (κ1) is 18.2. The number of morpholine rings is 1. The topological polar surface area (TPSA) is 50.8 Å². The van der Waals surface area contributed by atoms with E-state index in [-0.39, 0.29) is 12.2 Å². The largest absolute Gasteiger partial charge is 0.445 e. The van der Waals surface area contributed by atoms with Crippen LogP contribution in [0.15, 0.2) is 30.3 Å². The summed E-state index contributed by atoms with van der Waals surface area (Å²) in [7, 11) is 0. The lowest BCUT2D eigenvalue weighted by Gasteiger charge is -2.33. The van der Waals surface area contributed by atoms with Crippen LogP contribution in [0.1, 0.15) is 38.2 Å². The van der Waals surface area contributed by atoms with E-state index >= 15 is 0 Å². The van der Waals surface area contributed by atoms with E-state index < -0.39 is 0 Å². The molecule has 3 atom stereocenters. The summed E-state index contributed by atoms with van der Waals surface area (Å²) in [4.78, 5) is 14.1. The third-order valence-corrected chi connectivity index (χ3v) is 5.39. The lowest BCUT2D eigenvalue weighted by molar-refractivity contribution is -0.0284. The van der Waals surface area contributed by atoms with E-state index in [2.05, 4.69) is 12.2 Å². The summed E-state index contributed by atoms with van der Waals surface area (Å²) in [6.07, 6.45) is 4.95. The maximum absolute atomic E-state index is 12.3. The normalized spacial score (nSPS) is 26.6. The van der Waals surface area contributed by atoms with E-state index in [4.69, 9.17) is 9.47 Å². The average Bonchev–Trinajstić information content (AvgIpc) is 3.13. The van der Waals surface area contributed by atoms with Gasteiger partial charge in [0.2, 0.25) is 0 Å². The van der Waals surface area contributed by atoms with Gasteiger partial charge in [-0.05, 0) is 24.3 Å². The van der Waals surface area contributed by atoms with Gasteiger partial charge in [-0.1, -0.05) is 50.1 Å². The first-order chi connectivity index (χ1) is 12.3. The van der Waals surface area contributed by atoms with Crippen molar-refractivity contribution in [1.82, 2.24) is 10.2 Å². The molecule has 1 aliphatic heterocycles. The maximum atomic E-state index is 12.3. The molecule has 2 fully saturated rings. The minimum absolute atomic E-state index is 0.0520. The molecule has 0 spiro atoms. The zero-order valence-electron chi connectivity index (χ0n) is 15.2. The molecule has 1 heterocycles. The predicted molar refractivity (Wildman–Crippen MR) is 97.4 cm³/mol. The van der Waals surface area contributed by atoms with Crippen LogP contribution >= 0.6 is 0 Å². The number of amides is 1. The van der Waals surface area contributed by atoms with Gasteiger partial charge in [0.25, 0.3) is 0 Å². The number of carbonyl (C=O) groups excluding carboxylic acids is 1. The van der Waals surface area contributed by atoms with Crippen molar-refractivity contribution in [2.75, 3.05) is 26.2 Å². The van der Waals surface area contributed by atoms with Crippen molar-refractivity contribution < 1.29 is 14.3 Å². The zero-order valence-corrected chi connectivity index (χ0v) is 15.2. The highest BCUT2D eigenvalue weighted by Crippen LogP contribution is 2.28. The lowest BCUT2D eigenvalue weighted by atomic mass is 10.0. The number of ether oxygens (including phenoxy) is 2. The van der Waals surface area contributed by atoms with Crippen molar-refractivity contribution in [3.05, 3.63) is 35.9 Å². The highest BCUT2D eigenvalue weighted by atomic mass is 16.6. The molecule has 5 nitrogen and oxygen atoms in total. The molecule has 0 aromatic heterocycles. The smallest absolute Gasteiger partial charge is 0.410 e. The van der Waals surface area contributed by atoms with Gasteiger partial charge in [0, 0.05) is 19.1 Å². The van der Waals surface area contributed by atoms with Crippen molar-refractivity contribution >= 4 is 6.09 Å². The molecule has 0 bridgehead atoms. The van der Waals surface area contributed by atoms with Crippen LogP contribution in [-0.4, -0.2) is 49.4 Å². The molecule has 2 aliphatic rings. The Bertz CT molecular complexity index is 537. The lowest BCUT2D eigenvalue weighted by Crippen LogP contribution is -2.50. The second-order valence-electron chi connectivity index (χ2n) is 7.09. The van der Waals surface area contributed by atoms with Crippen molar-refractivity contribution in [1.29, 1.82) is 0 Å². The summed E-state index contributed by atoms with van der Waals surface area (Å²) in [5.41, 5.74) is 1.01. The number of hydrogen-bond donors (Lipinski definition) is 1. The van der Waals surface area contributed by atoms with E-state index in [9.17, 15) is 4.79 Å². The van der Waals surface area contributed by atoms with Crippen LogP contribution in [0.2, 0.25) is 0 Å². The highest BCUT2D eigenvalue weighted by Gasteiger charge is 2.29. The van der Waals surface area contributed by atoms with E-state index in [0.717, 1.165) is 18.0 Å². The van der Waals surface area contributed by atoms with Gasteiger partial charge in [0.15, 0.2) is 0 Å². The second kappa shape index (κ2) is 9.20. The molecule has 5 heteroatoms. The summed E-state index contributed by atoms with van der Waals surface area (Å²) < 4.78 is 11.3. The monoisotopic (exact) mass is 346 g/mol. The second-order valence-corrected chi connectivity index (χ2v) is 7.09. The van der Waals surface area contributed by atoms with Gasteiger partial charge in [-0.2, -0.15) is 0 Å². The Kier molecular flexibility index (Phi) is 6.70. The number of carbonyl (C=O) groups is 1. The molecule has 1 aliphatic carbocycles. The standard InChI is InChI=1S/C20H30N2O3/c1-2-17-9-6-10-19(17)21-13-18-14-22(11-12-24-18)20(23)25-15-16-7-4-3-5-8-16/h3-5,7-8,17-19,21H,2,6,9-15H2,1H3. The number of nitrogens with zero attached hydrogens (tertiary/aromatic N) is 1. The van der Waals surface area contributed by atoms with Crippen molar-refractivity contribution in [2.45, 2.75) is 51.4 Å². The summed E-state index contributed by atoms with van der Waals surface area (Å²) >= 11 is 0. The fourth-order valence-electron chi connectivity index (χ4n) is 3.90. The van der Waals surface area contributed by atoms with Gasteiger partial charge in [-0.25, -0.2) is 4.79 Å². The molecule has 138 valence electrons. The van der Waals surface area contributed by atoms with Crippen LogP contribution < -0.4 is 5.32 Å². The molecular weight excluding hydrogens is 316 g/mol. The van der Waals surface area contributed by atoms with Crippen LogP contribution in [0.3, 0.4) is 0 Å². The Morgan fingerprint density at radius 3 is 2.96 bits per heavy atom. The zero-order chi connectivity index (χ0) is 17.5. The SMILES string of the molecule is CCC1CCCC1NCC1CN(C(=O)OCc2ccccc2)CCO1. The number of benzene rings is 1. The highest BCUT2D eigenvalue weighted by molar-refractivity contribution is 5.67. The molecule has 1 saturated carbocycles. The van der Waals surface area contributed by atoms with Gasteiger partial charge in [-0.15, -0.1) is 0 Å². The third kappa shape index (κ3) is 5.19. The molecule has 1 N–H and O–H groups in total. The molecule has 1 aromatic carbocycles. The molecule has 3 unspecified atom stereocenters. The van der Waals surface area contributed by atoms with Crippen LogP contribution in [0.5, 0.6) is 0 Å². The predicted octanol–water partition coefficient (Wildman–Crippen LogP) is 3.19. The van der Waals surface area contributed by atoms with Crippen molar-refractivity contribution in [3.63, 3.8) is 0 Å². The Morgan fingerprint density at radius 2 is 2.16 bits per heavy atom. The van der Waals surface area contributed by atoms with Gasteiger partial charge in [0.05, 0.1) is 19.3 Å². The minimum Gasteiger partial charge on any atom is -0.445 e. The van der Waals surface area contributed by atoms with E-state index in [1.54, 1.807) is 4.90 Å². The summed E-state index contributed by atoms with van der Waals surface area (Å²) in [6, 6.07) is 10.4. The molecule has 25 heavy (non-hydrogen) atoms. The molecule has 3 rings (SSSR count). The fourth-order valence-corrected chi connectivity index (χ4v) is 3.90. The molecule has 1 saturated heterocycles. The molecule has 1 aromatic rings. The van der Waals surface area contributed by atoms with Gasteiger partial charge in [0.1, 0.15) is 6.61 Å². The summed E-state index contributed by atoms with van der Waals surface area (Å²) in [5, 5.41) is 3.67. The Morgan fingerprint density at radius 1 is 1.32 bits per heavy atom. The summed E-state index contributed by atoms with van der Waals surface area (Å²) in [5.74, 6) is 0.788. The van der Waals surface area contributed by atoms with Crippen LogP contribution in [-0.2, 0) is 16.1 Å². The van der Waals surface area contributed by atoms with Crippen LogP contribution in [0, 0.1) is 5.92 Å². The Hall–Kier alpha value is -1.59. The number of rotatable bonds is 6. The van der Waals surface area contributed by atoms with E-state index in [0.29, 0.717) is 32.3 Å². The maximum Gasteiger partial charge on any atom is 0.410 e.